The number of hydrogen-bond acceptors (Lipinski definition) is 3. The van der Waals surface area contributed by atoms with Gasteiger partial charge in [-0.05, 0) is 58.0 Å². The summed E-state index contributed by atoms with van der Waals surface area (Å²) in [7, 11) is 4.46. The number of likely N-dealkylation sites (N-methyl/N-ethyl adjacent to an activating group) is 2. The second-order valence-electron chi connectivity index (χ2n) is 6.43. The third-order valence-corrected chi connectivity index (χ3v) is 5.52. The zero-order valence-corrected chi connectivity index (χ0v) is 14.3. The summed E-state index contributed by atoms with van der Waals surface area (Å²) in [4.78, 5) is 7.16. The quantitative estimate of drug-likeness (QED) is 0.835. The lowest BCUT2D eigenvalue weighted by molar-refractivity contribution is 0.0751. The lowest BCUT2D eigenvalue weighted by Gasteiger charge is -2.48. The van der Waals surface area contributed by atoms with E-state index in [-0.39, 0.29) is 5.54 Å². The van der Waals surface area contributed by atoms with E-state index in [1.807, 2.05) is 6.20 Å². The predicted molar refractivity (Wildman–Crippen MR) is 89.8 cm³/mol. The second-order valence-corrected chi connectivity index (χ2v) is 6.43. The Hall–Kier alpha value is -0.930. The summed E-state index contributed by atoms with van der Waals surface area (Å²) in [5, 5.41) is 3.81. The van der Waals surface area contributed by atoms with Gasteiger partial charge in [0, 0.05) is 29.4 Å². The molecule has 21 heavy (non-hydrogen) atoms. The number of nitrogens with one attached hydrogen (secondary N) is 1. The summed E-state index contributed by atoms with van der Waals surface area (Å²) in [6, 6.07) is 4.78. The molecule has 0 aliphatic heterocycles. The first kappa shape index (κ1) is 16.4. The summed E-state index contributed by atoms with van der Waals surface area (Å²) in [6.07, 6.45) is 6.67. The van der Waals surface area contributed by atoms with Crippen LogP contribution in [-0.2, 0) is 6.42 Å². The summed E-state index contributed by atoms with van der Waals surface area (Å²) in [5.41, 5.74) is 2.97. The van der Waals surface area contributed by atoms with Gasteiger partial charge in [-0.3, -0.25) is 4.98 Å². The molecule has 2 unspecified atom stereocenters. The average Bonchev–Trinajstić information content (AvgIpc) is 2.91. The molecule has 1 aliphatic rings. The van der Waals surface area contributed by atoms with E-state index in [4.69, 9.17) is 4.98 Å². The highest BCUT2D eigenvalue weighted by Gasteiger charge is 2.44. The van der Waals surface area contributed by atoms with E-state index in [0.717, 1.165) is 19.4 Å². The molecular formula is C18H31N3. The minimum atomic E-state index is 0.194. The maximum atomic E-state index is 4.73. The lowest BCUT2D eigenvalue weighted by atomic mass is 9.75. The van der Waals surface area contributed by atoms with Crippen molar-refractivity contribution in [1.29, 1.82) is 0 Å². The number of pyridine rings is 1. The van der Waals surface area contributed by atoms with Crippen LogP contribution in [0.1, 0.15) is 57.2 Å². The first-order valence-corrected chi connectivity index (χ1v) is 8.45. The number of rotatable bonds is 7. The molecule has 1 aromatic heterocycles. The van der Waals surface area contributed by atoms with Crippen molar-refractivity contribution in [3.63, 3.8) is 0 Å². The molecule has 3 nitrogen and oxygen atoms in total. The fourth-order valence-corrected chi connectivity index (χ4v) is 4.30. The van der Waals surface area contributed by atoms with Crippen molar-refractivity contribution >= 4 is 0 Å². The van der Waals surface area contributed by atoms with Crippen LogP contribution < -0.4 is 5.32 Å². The molecule has 1 aromatic rings. The molecule has 0 radical (unpaired) electrons. The maximum Gasteiger partial charge on any atom is 0.0482 e. The highest BCUT2D eigenvalue weighted by Crippen LogP contribution is 2.41. The first-order valence-electron chi connectivity index (χ1n) is 8.45. The van der Waals surface area contributed by atoms with Crippen LogP contribution in [0.5, 0.6) is 0 Å². The molecular weight excluding hydrogens is 258 g/mol. The minimum Gasteiger partial charge on any atom is -0.312 e. The third kappa shape index (κ3) is 2.86. The highest BCUT2D eigenvalue weighted by atomic mass is 15.2. The van der Waals surface area contributed by atoms with Gasteiger partial charge in [0.05, 0.1) is 0 Å². The molecule has 0 amide bonds. The molecule has 0 aromatic carbocycles. The largest absolute Gasteiger partial charge is 0.312 e. The third-order valence-electron chi connectivity index (χ3n) is 5.52. The van der Waals surface area contributed by atoms with Crippen LogP contribution in [0.3, 0.4) is 0 Å². The van der Waals surface area contributed by atoms with E-state index in [2.05, 4.69) is 57.2 Å². The molecule has 0 saturated carbocycles. The van der Waals surface area contributed by atoms with Crippen LogP contribution >= 0.6 is 0 Å². The molecule has 0 fully saturated rings. The van der Waals surface area contributed by atoms with E-state index >= 15 is 0 Å². The van der Waals surface area contributed by atoms with E-state index in [1.165, 1.54) is 24.1 Å². The predicted octanol–water partition coefficient (Wildman–Crippen LogP) is 3.21. The monoisotopic (exact) mass is 289 g/mol. The molecule has 1 aliphatic carbocycles. The van der Waals surface area contributed by atoms with Gasteiger partial charge in [-0.15, -0.1) is 0 Å². The Morgan fingerprint density at radius 1 is 1.33 bits per heavy atom. The van der Waals surface area contributed by atoms with Crippen molar-refractivity contribution in [1.82, 2.24) is 15.2 Å². The van der Waals surface area contributed by atoms with E-state index in [9.17, 15) is 0 Å². The van der Waals surface area contributed by atoms with Gasteiger partial charge in [0.15, 0.2) is 0 Å². The Morgan fingerprint density at radius 3 is 2.62 bits per heavy atom. The molecule has 1 N–H and O–H groups in total. The second kappa shape index (κ2) is 6.89. The zero-order valence-electron chi connectivity index (χ0n) is 14.3. The van der Waals surface area contributed by atoms with E-state index in [0.29, 0.717) is 12.0 Å². The van der Waals surface area contributed by atoms with E-state index in [1.54, 1.807) is 0 Å². The number of aryl methyl sites for hydroxylation is 1. The van der Waals surface area contributed by atoms with Crippen molar-refractivity contribution in [3.8, 4) is 0 Å². The molecule has 2 atom stereocenters. The van der Waals surface area contributed by atoms with Gasteiger partial charge in [-0.2, -0.15) is 0 Å². The normalized spacial score (nSPS) is 19.8. The summed E-state index contributed by atoms with van der Waals surface area (Å²) in [6.45, 7) is 7.87. The van der Waals surface area contributed by atoms with Gasteiger partial charge < -0.3 is 10.2 Å². The minimum absolute atomic E-state index is 0.194. The SMILES string of the molecule is CCNC(C1CCc2cccnc21)C(CC)(CC)N(C)C. The van der Waals surface area contributed by atoms with Crippen LogP contribution in [0.15, 0.2) is 18.3 Å². The number of hydrogen-bond donors (Lipinski definition) is 1. The molecule has 1 heterocycles. The topological polar surface area (TPSA) is 28.2 Å². The Kier molecular flexibility index (Phi) is 5.39. The highest BCUT2D eigenvalue weighted by molar-refractivity contribution is 5.31. The molecule has 0 saturated heterocycles. The first-order chi connectivity index (χ1) is 10.1. The summed E-state index contributed by atoms with van der Waals surface area (Å²) in [5.74, 6) is 0.531. The van der Waals surface area contributed by atoms with Gasteiger partial charge in [0.2, 0.25) is 0 Å². The van der Waals surface area contributed by atoms with Gasteiger partial charge in [-0.1, -0.05) is 26.8 Å². The fraction of sp³-hybridized carbons (Fsp3) is 0.722. The van der Waals surface area contributed by atoms with Gasteiger partial charge in [0.1, 0.15) is 0 Å². The lowest BCUT2D eigenvalue weighted by Crippen LogP contribution is -2.60. The molecule has 118 valence electrons. The van der Waals surface area contributed by atoms with Crippen LogP contribution in [-0.4, -0.2) is 42.1 Å². The van der Waals surface area contributed by atoms with Crippen molar-refractivity contribution < 1.29 is 0 Å². The van der Waals surface area contributed by atoms with Crippen molar-refractivity contribution in [3.05, 3.63) is 29.6 Å². The number of fused-ring (bicyclic) bond motifs is 1. The van der Waals surface area contributed by atoms with Crippen LogP contribution in [0, 0.1) is 0 Å². The molecule has 2 rings (SSSR count). The smallest absolute Gasteiger partial charge is 0.0482 e. The van der Waals surface area contributed by atoms with Crippen molar-refractivity contribution in [2.45, 2.75) is 64.0 Å². The zero-order chi connectivity index (χ0) is 15.5. The van der Waals surface area contributed by atoms with Gasteiger partial charge >= 0.3 is 0 Å². The summed E-state index contributed by atoms with van der Waals surface area (Å²) >= 11 is 0. The molecule has 0 bridgehead atoms. The summed E-state index contributed by atoms with van der Waals surface area (Å²) < 4.78 is 0. The van der Waals surface area contributed by atoms with Crippen LogP contribution in [0.25, 0.3) is 0 Å². The average molecular weight is 289 g/mol. The number of aromatic nitrogens is 1. The fourth-order valence-electron chi connectivity index (χ4n) is 4.30. The Bertz CT molecular complexity index is 452. The van der Waals surface area contributed by atoms with E-state index < -0.39 is 0 Å². The Morgan fingerprint density at radius 2 is 2.05 bits per heavy atom. The standard InChI is InChI=1S/C18H31N3/c1-6-18(7-2,21(4)5)17(19-8-3)15-12-11-14-10-9-13-20-16(14)15/h9-10,13,15,17,19H,6-8,11-12H2,1-5H3. The Balaban J connectivity index is 2.40. The Labute approximate surface area is 130 Å². The van der Waals surface area contributed by atoms with Crippen molar-refractivity contribution in [2.24, 2.45) is 0 Å². The maximum absolute atomic E-state index is 4.73. The van der Waals surface area contributed by atoms with Crippen LogP contribution in [0.2, 0.25) is 0 Å². The van der Waals surface area contributed by atoms with Crippen LogP contribution in [0.4, 0.5) is 0 Å². The molecule has 3 heteroatoms. The molecule has 0 spiro atoms. The van der Waals surface area contributed by atoms with Crippen molar-refractivity contribution in [2.75, 3.05) is 20.6 Å². The number of nitrogens with zero attached hydrogens (tertiary/aromatic N) is 2. The van der Waals surface area contributed by atoms with Gasteiger partial charge in [-0.25, -0.2) is 0 Å². The van der Waals surface area contributed by atoms with Gasteiger partial charge in [0.25, 0.3) is 0 Å².